The molecule has 0 bridgehead atoms. The molecule has 0 heterocycles. The Morgan fingerprint density at radius 2 is 1.09 bits per heavy atom. The van der Waals surface area contributed by atoms with Gasteiger partial charge in [0, 0.05) is 0 Å². The summed E-state index contributed by atoms with van der Waals surface area (Å²) in [5, 5.41) is 0. The van der Waals surface area contributed by atoms with Gasteiger partial charge >= 0.3 is 0 Å². The minimum Gasteiger partial charge on any atom is -0.490 e. The molecule has 0 spiro atoms. The summed E-state index contributed by atoms with van der Waals surface area (Å²) in [6, 6.07) is 4.09. The first kappa shape index (κ1) is 18.7. The van der Waals surface area contributed by atoms with E-state index in [4.69, 9.17) is 14.2 Å². The summed E-state index contributed by atoms with van der Waals surface area (Å²) in [7, 11) is 0. The van der Waals surface area contributed by atoms with Crippen molar-refractivity contribution in [2.75, 3.05) is 19.8 Å². The van der Waals surface area contributed by atoms with Crippen molar-refractivity contribution in [1.29, 1.82) is 0 Å². The van der Waals surface area contributed by atoms with E-state index in [1.54, 1.807) is 0 Å². The molecule has 3 heteroatoms. The first-order valence-corrected chi connectivity index (χ1v) is 8.75. The van der Waals surface area contributed by atoms with E-state index in [1.165, 1.54) is 0 Å². The Bertz CT molecular complexity index is 384. The highest BCUT2D eigenvalue weighted by Crippen LogP contribution is 2.39. The second-order valence-corrected chi connectivity index (χ2v) is 5.70. The Labute approximate surface area is 136 Å². The van der Waals surface area contributed by atoms with Gasteiger partial charge in [0.2, 0.25) is 5.75 Å². The molecule has 0 aliphatic heterocycles. The van der Waals surface area contributed by atoms with Crippen LogP contribution in [0.1, 0.15) is 64.9 Å². The largest absolute Gasteiger partial charge is 0.490 e. The van der Waals surface area contributed by atoms with Gasteiger partial charge in [-0.05, 0) is 43.9 Å². The van der Waals surface area contributed by atoms with Gasteiger partial charge in [-0.3, -0.25) is 0 Å². The normalized spacial score (nSPS) is 10.5. The van der Waals surface area contributed by atoms with Gasteiger partial charge < -0.3 is 14.2 Å². The molecular formula is C19H32O3. The van der Waals surface area contributed by atoms with Gasteiger partial charge in [0.05, 0.1) is 19.8 Å². The standard InChI is InChI=1S/C19H32O3/c1-5-8-11-20-17-14-16(4)15-18(21-12-9-6-2)19(17)22-13-10-7-3/h14-15H,5-13H2,1-4H3. The first-order chi connectivity index (χ1) is 10.7. The van der Waals surface area contributed by atoms with Gasteiger partial charge in [0.25, 0.3) is 0 Å². The second kappa shape index (κ2) is 11.2. The fourth-order valence-corrected chi connectivity index (χ4v) is 2.04. The van der Waals surface area contributed by atoms with Crippen LogP contribution in [0, 0.1) is 6.92 Å². The maximum Gasteiger partial charge on any atom is 0.203 e. The molecule has 0 saturated heterocycles. The predicted octanol–water partition coefficient (Wildman–Crippen LogP) is 5.53. The van der Waals surface area contributed by atoms with Crippen LogP contribution in [-0.2, 0) is 0 Å². The molecular weight excluding hydrogens is 276 g/mol. The van der Waals surface area contributed by atoms with Crippen LogP contribution < -0.4 is 14.2 Å². The number of benzene rings is 1. The van der Waals surface area contributed by atoms with Crippen LogP contribution in [0.2, 0.25) is 0 Å². The Kier molecular flexibility index (Phi) is 9.52. The SMILES string of the molecule is CCCCOc1cc(C)cc(OCCCC)c1OCCCC. The van der Waals surface area contributed by atoms with Crippen molar-refractivity contribution in [2.45, 2.75) is 66.2 Å². The fraction of sp³-hybridized carbons (Fsp3) is 0.684. The van der Waals surface area contributed by atoms with Crippen LogP contribution in [-0.4, -0.2) is 19.8 Å². The lowest BCUT2D eigenvalue weighted by Gasteiger charge is -2.18. The zero-order valence-corrected chi connectivity index (χ0v) is 14.7. The maximum absolute atomic E-state index is 5.98. The number of hydrogen-bond acceptors (Lipinski definition) is 3. The quantitative estimate of drug-likeness (QED) is 0.475. The molecule has 0 aromatic heterocycles. The maximum atomic E-state index is 5.98. The van der Waals surface area contributed by atoms with Crippen molar-refractivity contribution in [1.82, 2.24) is 0 Å². The molecule has 0 unspecified atom stereocenters. The van der Waals surface area contributed by atoms with E-state index in [-0.39, 0.29) is 0 Å². The predicted molar refractivity (Wildman–Crippen MR) is 92.4 cm³/mol. The number of aryl methyl sites for hydroxylation is 1. The van der Waals surface area contributed by atoms with Crippen LogP contribution in [0.3, 0.4) is 0 Å². The Morgan fingerprint density at radius 1 is 0.682 bits per heavy atom. The lowest BCUT2D eigenvalue weighted by Crippen LogP contribution is -2.06. The smallest absolute Gasteiger partial charge is 0.203 e. The third-order valence-electron chi connectivity index (χ3n) is 3.42. The molecule has 0 fully saturated rings. The molecule has 0 amide bonds. The summed E-state index contributed by atoms with van der Waals surface area (Å²) in [5.74, 6) is 2.40. The minimum atomic E-state index is 0.702. The third kappa shape index (κ3) is 6.59. The molecule has 1 aromatic carbocycles. The third-order valence-corrected chi connectivity index (χ3v) is 3.42. The fourth-order valence-electron chi connectivity index (χ4n) is 2.04. The topological polar surface area (TPSA) is 27.7 Å². The van der Waals surface area contributed by atoms with E-state index in [9.17, 15) is 0 Å². The molecule has 1 aromatic rings. The van der Waals surface area contributed by atoms with Crippen molar-refractivity contribution in [3.8, 4) is 17.2 Å². The molecule has 0 saturated carbocycles. The van der Waals surface area contributed by atoms with Gasteiger partial charge in [0.1, 0.15) is 0 Å². The molecule has 0 N–H and O–H groups in total. The monoisotopic (exact) mass is 308 g/mol. The first-order valence-electron chi connectivity index (χ1n) is 8.75. The lowest BCUT2D eigenvalue weighted by atomic mass is 10.2. The highest BCUT2D eigenvalue weighted by atomic mass is 16.5. The van der Waals surface area contributed by atoms with Crippen molar-refractivity contribution in [3.05, 3.63) is 17.7 Å². The summed E-state index contributed by atoms with van der Waals surface area (Å²) in [6.45, 7) is 10.7. The summed E-state index contributed by atoms with van der Waals surface area (Å²) in [4.78, 5) is 0. The van der Waals surface area contributed by atoms with Gasteiger partial charge in [-0.1, -0.05) is 40.0 Å². The molecule has 0 radical (unpaired) electrons. The van der Waals surface area contributed by atoms with Gasteiger partial charge in [-0.2, -0.15) is 0 Å². The average molecular weight is 308 g/mol. The molecule has 0 atom stereocenters. The minimum absolute atomic E-state index is 0.702. The van der Waals surface area contributed by atoms with E-state index >= 15 is 0 Å². The summed E-state index contributed by atoms with van der Waals surface area (Å²) in [5.41, 5.74) is 1.14. The van der Waals surface area contributed by atoms with E-state index in [0.29, 0.717) is 6.61 Å². The van der Waals surface area contributed by atoms with Crippen LogP contribution in [0.5, 0.6) is 17.2 Å². The van der Waals surface area contributed by atoms with Crippen LogP contribution in [0.25, 0.3) is 0 Å². The van der Waals surface area contributed by atoms with Crippen molar-refractivity contribution >= 4 is 0 Å². The Balaban J connectivity index is 2.88. The summed E-state index contributed by atoms with van der Waals surface area (Å²) < 4.78 is 17.8. The number of rotatable bonds is 12. The Hall–Kier alpha value is -1.38. The highest BCUT2D eigenvalue weighted by molar-refractivity contribution is 5.53. The van der Waals surface area contributed by atoms with Crippen molar-refractivity contribution in [2.24, 2.45) is 0 Å². The number of hydrogen-bond donors (Lipinski definition) is 0. The zero-order chi connectivity index (χ0) is 16.2. The van der Waals surface area contributed by atoms with E-state index < -0.39 is 0 Å². The molecule has 0 aliphatic carbocycles. The second-order valence-electron chi connectivity index (χ2n) is 5.70. The van der Waals surface area contributed by atoms with Crippen molar-refractivity contribution < 1.29 is 14.2 Å². The van der Waals surface area contributed by atoms with Gasteiger partial charge in [-0.15, -0.1) is 0 Å². The summed E-state index contributed by atoms with van der Waals surface area (Å²) in [6.07, 6.45) is 6.50. The van der Waals surface area contributed by atoms with Crippen LogP contribution in [0.4, 0.5) is 0 Å². The average Bonchev–Trinajstić information content (AvgIpc) is 2.50. The van der Waals surface area contributed by atoms with E-state index in [2.05, 4.69) is 27.7 Å². The summed E-state index contributed by atoms with van der Waals surface area (Å²) >= 11 is 0. The molecule has 1 rings (SSSR count). The van der Waals surface area contributed by atoms with E-state index in [1.807, 2.05) is 12.1 Å². The Morgan fingerprint density at radius 3 is 1.50 bits per heavy atom. The van der Waals surface area contributed by atoms with Gasteiger partial charge in [-0.25, -0.2) is 0 Å². The molecule has 22 heavy (non-hydrogen) atoms. The van der Waals surface area contributed by atoms with Crippen molar-refractivity contribution in [3.63, 3.8) is 0 Å². The number of ether oxygens (including phenoxy) is 3. The van der Waals surface area contributed by atoms with Crippen LogP contribution >= 0.6 is 0 Å². The molecule has 3 nitrogen and oxygen atoms in total. The van der Waals surface area contributed by atoms with Crippen LogP contribution in [0.15, 0.2) is 12.1 Å². The van der Waals surface area contributed by atoms with Gasteiger partial charge in [0.15, 0.2) is 11.5 Å². The highest BCUT2D eigenvalue weighted by Gasteiger charge is 2.14. The van der Waals surface area contributed by atoms with E-state index in [0.717, 1.165) is 74.6 Å². The lowest BCUT2D eigenvalue weighted by molar-refractivity contribution is 0.237. The zero-order valence-electron chi connectivity index (χ0n) is 14.7. The number of unbranched alkanes of at least 4 members (excludes halogenated alkanes) is 3. The molecule has 0 aliphatic rings. The molecule has 126 valence electrons.